The molecule has 0 aliphatic carbocycles. The molecule has 0 aromatic heterocycles. The number of ether oxygens (including phenoxy) is 1. The monoisotopic (exact) mass is 336 g/mol. The molecule has 130 valence electrons. The highest BCUT2D eigenvalue weighted by molar-refractivity contribution is 5.82. The molecule has 3 heterocycles. The van der Waals surface area contributed by atoms with Gasteiger partial charge in [-0.05, 0) is 36.3 Å². The Morgan fingerprint density at radius 3 is 1.84 bits per heavy atom. The summed E-state index contributed by atoms with van der Waals surface area (Å²) in [6.45, 7) is 4.03. The van der Waals surface area contributed by atoms with E-state index < -0.39 is 0 Å². The van der Waals surface area contributed by atoms with Gasteiger partial charge in [0.05, 0.1) is 19.6 Å². The third-order valence-electron chi connectivity index (χ3n) is 6.02. The lowest BCUT2D eigenvalue weighted by molar-refractivity contribution is -0.957. The number of fused-ring (bicyclic) bond motifs is 3. The zero-order chi connectivity index (χ0) is 17.1. The van der Waals surface area contributed by atoms with Crippen molar-refractivity contribution in [2.24, 2.45) is 5.92 Å². The van der Waals surface area contributed by atoms with Crippen LogP contribution in [-0.4, -0.2) is 36.8 Å². The van der Waals surface area contributed by atoms with Crippen LogP contribution in [0.5, 0.6) is 0 Å². The molecule has 25 heavy (non-hydrogen) atoms. The van der Waals surface area contributed by atoms with E-state index in [1.807, 2.05) is 60.7 Å². The van der Waals surface area contributed by atoms with Crippen molar-refractivity contribution >= 4 is 5.97 Å². The van der Waals surface area contributed by atoms with Gasteiger partial charge in [-0.15, -0.1) is 0 Å². The Bertz CT molecular complexity index is 652. The molecular formula is C22H26NO2+. The SMILES string of the molecule is O=C(OC[N+]12CCC(CC1)CC2)C(c1ccccc1)c1ccccc1. The van der Waals surface area contributed by atoms with Gasteiger partial charge in [-0.3, -0.25) is 9.28 Å². The predicted octanol–water partition coefficient (Wildman–Crippen LogP) is 3.95. The first-order valence-corrected chi connectivity index (χ1v) is 9.37. The lowest BCUT2D eigenvalue weighted by Crippen LogP contribution is -2.59. The fraction of sp³-hybridized carbons (Fsp3) is 0.409. The third-order valence-corrected chi connectivity index (χ3v) is 6.02. The summed E-state index contributed by atoms with van der Waals surface area (Å²) in [5.41, 5.74) is 1.99. The Hall–Kier alpha value is -2.13. The van der Waals surface area contributed by atoms with Crippen LogP contribution in [0.4, 0.5) is 0 Å². The van der Waals surface area contributed by atoms with Crippen molar-refractivity contribution in [1.82, 2.24) is 0 Å². The van der Waals surface area contributed by atoms with Crippen molar-refractivity contribution in [1.29, 1.82) is 0 Å². The molecule has 0 spiro atoms. The van der Waals surface area contributed by atoms with Gasteiger partial charge in [0.2, 0.25) is 6.73 Å². The Kier molecular flexibility index (Phi) is 4.58. The standard InChI is InChI=1S/C22H26NO2/c24-22(25-17-23-14-11-18(12-15-23)13-16-23)21(19-7-3-1-4-8-19)20-9-5-2-6-10-20/h1-10,18,21H,11-17H2/q+1. The topological polar surface area (TPSA) is 26.3 Å². The molecule has 3 saturated heterocycles. The molecule has 3 fully saturated rings. The molecule has 0 radical (unpaired) electrons. The van der Waals surface area contributed by atoms with Crippen LogP contribution in [0.15, 0.2) is 60.7 Å². The zero-order valence-electron chi connectivity index (χ0n) is 14.6. The lowest BCUT2D eigenvalue weighted by Gasteiger charge is -2.48. The maximum Gasteiger partial charge on any atom is 0.322 e. The van der Waals surface area contributed by atoms with E-state index in [-0.39, 0.29) is 11.9 Å². The fourth-order valence-corrected chi connectivity index (χ4v) is 4.37. The van der Waals surface area contributed by atoms with E-state index in [0.29, 0.717) is 6.73 Å². The first kappa shape index (κ1) is 16.3. The minimum atomic E-state index is -0.345. The fourth-order valence-electron chi connectivity index (χ4n) is 4.37. The number of carbonyl (C=O) groups is 1. The summed E-state index contributed by atoms with van der Waals surface area (Å²) in [7, 11) is 0. The maximum absolute atomic E-state index is 13.0. The van der Waals surface area contributed by atoms with Gasteiger partial charge in [-0.1, -0.05) is 60.7 Å². The van der Waals surface area contributed by atoms with Gasteiger partial charge in [0, 0.05) is 0 Å². The van der Waals surface area contributed by atoms with Gasteiger partial charge >= 0.3 is 5.97 Å². The molecule has 2 aromatic rings. The van der Waals surface area contributed by atoms with Crippen molar-refractivity contribution in [3.8, 4) is 0 Å². The second-order valence-corrected chi connectivity index (χ2v) is 7.59. The van der Waals surface area contributed by atoms with Crippen molar-refractivity contribution in [3.05, 3.63) is 71.8 Å². The summed E-state index contributed by atoms with van der Waals surface area (Å²) in [6.07, 6.45) is 3.87. The van der Waals surface area contributed by atoms with Gasteiger partial charge in [0.1, 0.15) is 5.92 Å². The highest BCUT2D eigenvalue weighted by Crippen LogP contribution is 2.34. The molecule has 0 amide bonds. The van der Waals surface area contributed by atoms with Gasteiger partial charge in [-0.25, -0.2) is 0 Å². The van der Waals surface area contributed by atoms with E-state index >= 15 is 0 Å². The Morgan fingerprint density at radius 2 is 1.36 bits per heavy atom. The van der Waals surface area contributed by atoms with E-state index in [9.17, 15) is 4.79 Å². The summed E-state index contributed by atoms with van der Waals surface area (Å²) < 4.78 is 6.88. The number of benzene rings is 2. The largest absolute Gasteiger partial charge is 0.414 e. The minimum absolute atomic E-state index is 0.127. The number of hydrogen-bond acceptors (Lipinski definition) is 2. The highest BCUT2D eigenvalue weighted by Gasteiger charge is 2.41. The number of carbonyl (C=O) groups excluding carboxylic acids is 1. The Balaban J connectivity index is 1.52. The minimum Gasteiger partial charge on any atom is -0.414 e. The van der Waals surface area contributed by atoms with Gasteiger partial charge in [-0.2, -0.15) is 0 Å². The molecule has 0 saturated carbocycles. The first-order valence-electron chi connectivity index (χ1n) is 9.37. The van der Waals surface area contributed by atoms with Gasteiger partial charge in [0.25, 0.3) is 0 Å². The number of hydrogen-bond donors (Lipinski definition) is 0. The van der Waals surface area contributed by atoms with Crippen molar-refractivity contribution in [3.63, 3.8) is 0 Å². The van der Waals surface area contributed by atoms with E-state index in [4.69, 9.17) is 4.74 Å². The summed E-state index contributed by atoms with van der Waals surface area (Å²) in [5, 5.41) is 0. The van der Waals surface area contributed by atoms with E-state index in [1.165, 1.54) is 38.9 Å². The quantitative estimate of drug-likeness (QED) is 0.610. The van der Waals surface area contributed by atoms with Crippen LogP contribution in [0, 0.1) is 5.92 Å². The van der Waals surface area contributed by atoms with E-state index in [2.05, 4.69) is 0 Å². The average Bonchev–Trinajstić information content (AvgIpc) is 2.70. The summed E-state index contributed by atoms with van der Waals surface area (Å²) in [4.78, 5) is 13.0. The van der Waals surface area contributed by atoms with Crippen LogP contribution in [-0.2, 0) is 9.53 Å². The maximum atomic E-state index is 13.0. The lowest BCUT2D eigenvalue weighted by atomic mass is 9.86. The van der Waals surface area contributed by atoms with Crippen LogP contribution >= 0.6 is 0 Å². The highest BCUT2D eigenvalue weighted by atomic mass is 16.5. The number of quaternary nitrogens is 1. The van der Waals surface area contributed by atoms with Crippen molar-refractivity contribution in [2.45, 2.75) is 25.2 Å². The number of piperidine rings is 3. The van der Waals surface area contributed by atoms with Crippen LogP contribution in [0.1, 0.15) is 36.3 Å². The summed E-state index contributed by atoms with van der Waals surface area (Å²) in [5.74, 6) is 0.442. The average molecular weight is 336 g/mol. The Labute approximate surface area is 149 Å². The Morgan fingerprint density at radius 1 is 0.880 bits per heavy atom. The molecule has 2 aromatic carbocycles. The normalized spacial score (nSPS) is 25.1. The third kappa shape index (κ3) is 3.47. The second kappa shape index (κ2) is 7.01. The molecule has 0 N–H and O–H groups in total. The molecule has 3 heteroatoms. The molecule has 0 atom stereocenters. The van der Waals surface area contributed by atoms with Crippen LogP contribution in [0.2, 0.25) is 0 Å². The van der Waals surface area contributed by atoms with Crippen LogP contribution in [0.25, 0.3) is 0 Å². The van der Waals surface area contributed by atoms with Gasteiger partial charge < -0.3 is 4.74 Å². The molecular weight excluding hydrogens is 310 g/mol. The molecule has 2 bridgehead atoms. The zero-order valence-corrected chi connectivity index (χ0v) is 14.6. The van der Waals surface area contributed by atoms with Crippen LogP contribution < -0.4 is 0 Å². The summed E-state index contributed by atoms with van der Waals surface area (Å²) >= 11 is 0. The number of rotatable bonds is 5. The first-order chi connectivity index (χ1) is 12.3. The molecule has 5 rings (SSSR count). The smallest absolute Gasteiger partial charge is 0.322 e. The van der Waals surface area contributed by atoms with E-state index in [1.54, 1.807) is 0 Å². The molecule has 3 nitrogen and oxygen atoms in total. The molecule has 0 unspecified atom stereocenters. The second-order valence-electron chi connectivity index (χ2n) is 7.59. The molecule has 3 aliphatic rings. The summed E-state index contributed by atoms with van der Waals surface area (Å²) in [6, 6.07) is 19.9. The molecule has 3 aliphatic heterocycles. The van der Waals surface area contributed by atoms with Crippen molar-refractivity contribution in [2.75, 3.05) is 26.4 Å². The number of esters is 1. The van der Waals surface area contributed by atoms with Crippen molar-refractivity contribution < 1.29 is 14.0 Å². The van der Waals surface area contributed by atoms with E-state index in [0.717, 1.165) is 21.5 Å². The number of nitrogens with zero attached hydrogens (tertiary/aromatic N) is 1. The van der Waals surface area contributed by atoms with Crippen LogP contribution in [0.3, 0.4) is 0 Å². The van der Waals surface area contributed by atoms with Gasteiger partial charge in [0.15, 0.2) is 0 Å². The predicted molar refractivity (Wildman–Crippen MR) is 97.9 cm³/mol.